The maximum Gasteiger partial charge on any atom is 0.257 e. The Hall–Kier alpha value is -1.36. The van der Waals surface area contributed by atoms with Crippen LogP contribution in [-0.4, -0.2) is 45.4 Å². The summed E-state index contributed by atoms with van der Waals surface area (Å²) in [5.74, 6) is -0.0287. The number of amides is 1. The van der Waals surface area contributed by atoms with E-state index in [9.17, 15) is 4.79 Å². The molecule has 0 saturated carbocycles. The van der Waals surface area contributed by atoms with Gasteiger partial charge >= 0.3 is 0 Å². The zero-order chi connectivity index (χ0) is 11.3. The van der Waals surface area contributed by atoms with E-state index in [4.69, 9.17) is 5.11 Å². The summed E-state index contributed by atoms with van der Waals surface area (Å²) in [4.78, 5) is 13.6. The molecule has 15 heavy (non-hydrogen) atoms. The number of carbonyl (C=O) groups is 1. The summed E-state index contributed by atoms with van der Waals surface area (Å²) < 4.78 is 1.60. The molecule has 84 valence electrons. The number of carbonyl (C=O) groups excluding carboxylic acids is 1. The van der Waals surface area contributed by atoms with E-state index in [0.29, 0.717) is 25.1 Å². The first-order chi connectivity index (χ1) is 7.19. The van der Waals surface area contributed by atoms with Crippen molar-refractivity contribution in [3.63, 3.8) is 0 Å². The summed E-state index contributed by atoms with van der Waals surface area (Å²) in [6.45, 7) is 3.26. The first kappa shape index (κ1) is 11.7. The summed E-state index contributed by atoms with van der Waals surface area (Å²) in [7, 11) is 1.78. The molecule has 1 rings (SSSR count). The monoisotopic (exact) mass is 211 g/mol. The Labute approximate surface area is 89.3 Å². The summed E-state index contributed by atoms with van der Waals surface area (Å²) in [5.41, 5.74) is 0.595. The molecule has 1 amide bonds. The number of aliphatic hydroxyl groups excluding tert-OH is 1. The fourth-order valence-corrected chi connectivity index (χ4v) is 1.38. The molecule has 5 heteroatoms. The van der Waals surface area contributed by atoms with Gasteiger partial charge in [0.25, 0.3) is 5.91 Å². The van der Waals surface area contributed by atoms with Crippen LogP contribution in [0.25, 0.3) is 0 Å². The largest absolute Gasteiger partial charge is 0.396 e. The van der Waals surface area contributed by atoms with E-state index in [1.165, 1.54) is 0 Å². The molecular formula is C10H17N3O2. The van der Waals surface area contributed by atoms with Crippen molar-refractivity contribution in [2.24, 2.45) is 7.05 Å². The zero-order valence-corrected chi connectivity index (χ0v) is 9.18. The highest BCUT2D eigenvalue weighted by atomic mass is 16.3. The zero-order valence-electron chi connectivity index (χ0n) is 9.18. The van der Waals surface area contributed by atoms with Gasteiger partial charge < -0.3 is 10.0 Å². The van der Waals surface area contributed by atoms with Crippen LogP contribution in [0.5, 0.6) is 0 Å². The smallest absolute Gasteiger partial charge is 0.257 e. The number of aliphatic hydroxyl groups is 1. The van der Waals surface area contributed by atoms with E-state index in [0.717, 1.165) is 0 Å². The van der Waals surface area contributed by atoms with E-state index < -0.39 is 0 Å². The maximum atomic E-state index is 11.9. The second-order valence-electron chi connectivity index (χ2n) is 3.36. The van der Waals surface area contributed by atoms with E-state index in [-0.39, 0.29) is 12.5 Å². The first-order valence-corrected chi connectivity index (χ1v) is 5.07. The average Bonchev–Trinajstić information content (AvgIpc) is 2.65. The second-order valence-corrected chi connectivity index (χ2v) is 3.36. The molecule has 0 saturated heterocycles. The van der Waals surface area contributed by atoms with Crippen LogP contribution in [0.1, 0.15) is 23.7 Å². The van der Waals surface area contributed by atoms with Gasteiger partial charge in [-0.3, -0.25) is 9.48 Å². The van der Waals surface area contributed by atoms with Crippen LogP contribution < -0.4 is 0 Å². The number of rotatable bonds is 5. The number of hydrogen-bond donors (Lipinski definition) is 1. The Balaban J connectivity index is 2.64. The summed E-state index contributed by atoms with van der Waals surface area (Å²) in [6, 6.07) is 0. The second kappa shape index (κ2) is 5.50. The molecule has 0 unspecified atom stereocenters. The number of aryl methyl sites for hydroxylation is 1. The molecule has 0 aromatic carbocycles. The van der Waals surface area contributed by atoms with Gasteiger partial charge in [0.2, 0.25) is 0 Å². The Morgan fingerprint density at radius 1 is 1.67 bits per heavy atom. The van der Waals surface area contributed by atoms with Gasteiger partial charge in [-0.2, -0.15) is 5.10 Å². The van der Waals surface area contributed by atoms with Crippen LogP contribution >= 0.6 is 0 Å². The molecule has 0 fully saturated rings. The first-order valence-electron chi connectivity index (χ1n) is 5.07. The fraction of sp³-hybridized carbons (Fsp3) is 0.600. The molecule has 0 spiro atoms. The van der Waals surface area contributed by atoms with Gasteiger partial charge in [0, 0.05) is 32.9 Å². The molecule has 0 radical (unpaired) electrons. The lowest BCUT2D eigenvalue weighted by Crippen LogP contribution is -2.32. The van der Waals surface area contributed by atoms with E-state index in [1.54, 1.807) is 29.0 Å². The minimum atomic E-state index is -0.0287. The molecule has 1 aromatic rings. The lowest BCUT2D eigenvalue weighted by atomic mass is 10.3. The Morgan fingerprint density at radius 3 is 2.87 bits per heavy atom. The van der Waals surface area contributed by atoms with Crippen LogP contribution in [0.15, 0.2) is 12.4 Å². The van der Waals surface area contributed by atoms with Gasteiger partial charge in [-0.1, -0.05) is 0 Å². The Morgan fingerprint density at radius 2 is 2.40 bits per heavy atom. The SMILES string of the molecule is CCN(CCCO)C(=O)c1cnn(C)c1. The van der Waals surface area contributed by atoms with Crippen LogP contribution in [0.3, 0.4) is 0 Å². The molecule has 5 nitrogen and oxygen atoms in total. The molecule has 1 heterocycles. The lowest BCUT2D eigenvalue weighted by Gasteiger charge is -2.19. The third-order valence-corrected chi connectivity index (χ3v) is 2.21. The van der Waals surface area contributed by atoms with Gasteiger partial charge in [-0.15, -0.1) is 0 Å². The van der Waals surface area contributed by atoms with Crippen LogP contribution in [0, 0.1) is 0 Å². The van der Waals surface area contributed by atoms with Crippen LogP contribution in [-0.2, 0) is 7.05 Å². The Kier molecular flexibility index (Phi) is 4.30. The normalized spacial score (nSPS) is 10.3. The van der Waals surface area contributed by atoms with Gasteiger partial charge in [0.15, 0.2) is 0 Å². The molecule has 0 atom stereocenters. The molecular weight excluding hydrogens is 194 g/mol. The molecule has 1 N–H and O–H groups in total. The number of nitrogens with zero attached hydrogens (tertiary/aromatic N) is 3. The van der Waals surface area contributed by atoms with Gasteiger partial charge in [-0.05, 0) is 13.3 Å². The molecule has 0 aliphatic carbocycles. The van der Waals surface area contributed by atoms with Crippen molar-refractivity contribution in [2.75, 3.05) is 19.7 Å². The standard InChI is InChI=1S/C10H17N3O2/c1-3-13(5-4-6-14)10(15)9-7-11-12(2)8-9/h7-8,14H,3-6H2,1-2H3. The molecule has 0 aliphatic rings. The van der Waals surface area contributed by atoms with Crippen LogP contribution in [0.4, 0.5) is 0 Å². The molecule has 0 bridgehead atoms. The summed E-state index contributed by atoms with van der Waals surface area (Å²) in [6.07, 6.45) is 3.87. The number of hydrogen-bond acceptors (Lipinski definition) is 3. The van der Waals surface area contributed by atoms with Gasteiger partial charge in [0.05, 0.1) is 11.8 Å². The van der Waals surface area contributed by atoms with Crippen molar-refractivity contribution in [3.8, 4) is 0 Å². The number of aromatic nitrogens is 2. The predicted octanol–water partition coefficient (Wildman–Crippen LogP) is 0.265. The highest BCUT2D eigenvalue weighted by Crippen LogP contribution is 2.03. The van der Waals surface area contributed by atoms with Crippen molar-refractivity contribution in [3.05, 3.63) is 18.0 Å². The van der Waals surface area contributed by atoms with E-state index in [2.05, 4.69) is 5.10 Å². The van der Waals surface area contributed by atoms with Gasteiger partial charge in [0.1, 0.15) is 0 Å². The summed E-state index contributed by atoms with van der Waals surface area (Å²) in [5, 5.41) is 12.7. The summed E-state index contributed by atoms with van der Waals surface area (Å²) >= 11 is 0. The average molecular weight is 211 g/mol. The Bertz CT molecular complexity index is 322. The third-order valence-electron chi connectivity index (χ3n) is 2.21. The topological polar surface area (TPSA) is 58.4 Å². The van der Waals surface area contributed by atoms with Crippen molar-refractivity contribution in [2.45, 2.75) is 13.3 Å². The van der Waals surface area contributed by atoms with Crippen molar-refractivity contribution in [1.29, 1.82) is 0 Å². The maximum absolute atomic E-state index is 11.9. The highest BCUT2D eigenvalue weighted by molar-refractivity contribution is 5.93. The van der Waals surface area contributed by atoms with Crippen molar-refractivity contribution >= 4 is 5.91 Å². The molecule has 1 aromatic heterocycles. The quantitative estimate of drug-likeness (QED) is 0.760. The van der Waals surface area contributed by atoms with E-state index in [1.807, 2.05) is 6.92 Å². The van der Waals surface area contributed by atoms with Crippen LogP contribution in [0.2, 0.25) is 0 Å². The minimum absolute atomic E-state index is 0.0287. The molecule has 0 aliphatic heterocycles. The minimum Gasteiger partial charge on any atom is -0.396 e. The van der Waals surface area contributed by atoms with E-state index >= 15 is 0 Å². The lowest BCUT2D eigenvalue weighted by molar-refractivity contribution is 0.0754. The predicted molar refractivity (Wildman–Crippen MR) is 56.5 cm³/mol. The fourth-order valence-electron chi connectivity index (χ4n) is 1.38. The van der Waals surface area contributed by atoms with Crippen molar-refractivity contribution in [1.82, 2.24) is 14.7 Å². The van der Waals surface area contributed by atoms with Crippen molar-refractivity contribution < 1.29 is 9.90 Å². The highest BCUT2D eigenvalue weighted by Gasteiger charge is 2.14. The van der Waals surface area contributed by atoms with Gasteiger partial charge in [-0.25, -0.2) is 0 Å². The third kappa shape index (κ3) is 3.06.